The molecule has 1 heterocycles. The minimum atomic E-state index is 0. The highest BCUT2D eigenvalue weighted by atomic mass is 35.5. The summed E-state index contributed by atoms with van der Waals surface area (Å²) in [4.78, 5) is 12.7. The van der Waals surface area contributed by atoms with Gasteiger partial charge in [-0.25, -0.2) is 4.98 Å². The van der Waals surface area contributed by atoms with E-state index in [0.717, 1.165) is 35.8 Å². The topological polar surface area (TPSA) is 33.5 Å². The molecule has 0 aliphatic carbocycles. The molecule has 0 aliphatic heterocycles. The molecule has 0 bridgehead atoms. The summed E-state index contributed by atoms with van der Waals surface area (Å²) in [5, 5.41) is 1.76. The van der Waals surface area contributed by atoms with Crippen molar-refractivity contribution in [3.8, 4) is 0 Å². The molecule has 2 rings (SSSR count). The van der Waals surface area contributed by atoms with E-state index in [9.17, 15) is 0 Å². The lowest BCUT2D eigenvalue weighted by molar-refractivity contribution is -0.788. The van der Waals surface area contributed by atoms with E-state index in [1.807, 2.05) is 18.2 Å². The Morgan fingerprint density at radius 3 is 2.35 bits per heavy atom. The van der Waals surface area contributed by atoms with Crippen LogP contribution in [0.1, 0.15) is 13.8 Å². The van der Waals surface area contributed by atoms with Crippen molar-refractivity contribution in [3.05, 3.63) is 23.2 Å². The Bertz CT molecular complexity index is 583. The van der Waals surface area contributed by atoms with Crippen molar-refractivity contribution in [2.75, 3.05) is 32.1 Å². The number of nitrogens with zero attached hydrogens (tertiary/aromatic N) is 3. The fourth-order valence-corrected chi connectivity index (χ4v) is 2.29. The van der Waals surface area contributed by atoms with E-state index in [0.29, 0.717) is 5.02 Å². The summed E-state index contributed by atoms with van der Waals surface area (Å²) in [7, 11) is 4.14. The van der Waals surface area contributed by atoms with Crippen molar-refractivity contribution in [2.45, 2.75) is 13.8 Å². The van der Waals surface area contributed by atoms with E-state index in [1.165, 1.54) is 4.90 Å². The Hall–Kier alpha value is -1.10. The van der Waals surface area contributed by atoms with Gasteiger partial charge in [0.1, 0.15) is 0 Å². The summed E-state index contributed by atoms with van der Waals surface area (Å²) in [5.41, 5.74) is 0.903. The van der Waals surface area contributed by atoms with E-state index in [4.69, 9.17) is 16.6 Å². The Morgan fingerprint density at radius 2 is 1.80 bits per heavy atom. The van der Waals surface area contributed by atoms with Gasteiger partial charge in [-0.3, -0.25) is 4.90 Å². The van der Waals surface area contributed by atoms with Gasteiger partial charge in [-0.15, -0.1) is 0 Å². The number of hydrogen-bond donors (Lipinski definition) is 1. The minimum Gasteiger partial charge on any atom is -1.00 e. The molecule has 0 saturated heterocycles. The SMILES string of the molecule is CCN(CC)c1nc([NH+](C)C)c2ccc(Cl)cc2n1.[Cl-]. The monoisotopic (exact) mass is 314 g/mol. The van der Waals surface area contributed by atoms with Gasteiger partial charge in [0.05, 0.1) is 25.0 Å². The summed E-state index contributed by atoms with van der Waals surface area (Å²) < 4.78 is 0. The number of aromatic nitrogens is 2. The summed E-state index contributed by atoms with van der Waals surface area (Å²) >= 11 is 6.07. The van der Waals surface area contributed by atoms with E-state index < -0.39 is 0 Å². The number of rotatable bonds is 4. The van der Waals surface area contributed by atoms with Gasteiger partial charge in [-0.2, -0.15) is 4.98 Å². The van der Waals surface area contributed by atoms with Crippen LogP contribution in [0.2, 0.25) is 5.02 Å². The molecule has 1 aromatic heterocycles. The molecular weight excluding hydrogens is 295 g/mol. The molecular formula is C14H20Cl2N4. The van der Waals surface area contributed by atoms with Crippen molar-refractivity contribution in [3.63, 3.8) is 0 Å². The summed E-state index contributed by atoms with van der Waals surface area (Å²) in [5.74, 6) is 1.78. The van der Waals surface area contributed by atoms with Crippen LogP contribution in [0.15, 0.2) is 18.2 Å². The molecule has 1 aromatic carbocycles. The maximum absolute atomic E-state index is 6.07. The molecule has 0 atom stereocenters. The second kappa shape index (κ2) is 7.07. The second-order valence-corrected chi connectivity index (χ2v) is 5.14. The van der Waals surface area contributed by atoms with Crippen molar-refractivity contribution in [1.29, 1.82) is 0 Å². The zero-order chi connectivity index (χ0) is 14.0. The molecule has 4 nitrogen and oxygen atoms in total. The molecule has 0 aliphatic rings. The lowest BCUT2D eigenvalue weighted by atomic mass is 10.2. The summed E-state index contributed by atoms with van der Waals surface area (Å²) in [6, 6.07) is 5.78. The molecule has 0 spiro atoms. The fraction of sp³-hybridized carbons (Fsp3) is 0.429. The first-order chi connectivity index (χ1) is 9.06. The molecule has 0 radical (unpaired) electrons. The van der Waals surface area contributed by atoms with Gasteiger partial charge >= 0.3 is 0 Å². The first kappa shape index (κ1) is 17.0. The lowest BCUT2D eigenvalue weighted by Gasteiger charge is -2.20. The zero-order valence-electron chi connectivity index (χ0n) is 12.2. The minimum absolute atomic E-state index is 0. The largest absolute Gasteiger partial charge is 1.00 e. The van der Waals surface area contributed by atoms with E-state index in [-0.39, 0.29) is 12.4 Å². The van der Waals surface area contributed by atoms with E-state index >= 15 is 0 Å². The molecule has 20 heavy (non-hydrogen) atoms. The maximum atomic E-state index is 6.07. The predicted octanol–water partition coefficient (Wildman–Crippen LogP) is -1.09. The molecule has 0 amide bonds. The number of anilines is 1. The molecule has 110 valence electrons. The third kappa shape index (κ3) is 3.32. The highest BCUT2D eigenvalue weighted by Crippen LogP contribution is 2.24. The van der Waals surface area contributed by atoms with Gasteiger partial charge in [0.25, 0.3) is 0 Å². The number of halogens is 2. The van der Waals surface area contributed by atoms with Crippen LogP contribution in [0.5, 0.6) is 0 Å². The van der Waals surface area contributed by atoms with Crippen LogP contribution < -0.4 is 22.2 Å². The number of benzene rings is 1. The Morgan fingerprint density at radius 1 is 1.15 bits per heavy atom. The molecule has 0 saturated carbocycles. The van der Waals surface area contributed by atoms with Crippen molar-refractivity contribution < 1.29 is 17.3 Å². The van der Waals surface area contributed by atoms with E-state index in [2.05, 4.69) is 37.8 Å². The van der Waals surface area contributed by atoms with Gasteiger partial charge in [0.15, 0.2) is 0 Å². The van der Waals surface area contributed by atoms with Gasteiger partial charge in [-0.05, 0) is 32.0 Å². The van der Waals surface area contributed by atoms with Gasteiger partial charge in [0.2, 0.25) is 11.8 Å². The molecule has 1 N–H and O–H groups in total. The van der Waals surface area contributed by atoms with Crippen molar-refractivity contribution in [2.24, 2.45) is 0 Å². The Kier molecular flexibility index (Phi) is 5.99. The first-order valence-electron chi connectivity index (χ1n) is 6.59. The predicted molar refractivity (Wildman–Crippen MR) is 80.6 cm³/mol. The number of hydrogen-bond acceptors (Lipinski definition) is 3. The van der Waals surface area contributed by atoms with Crippen molar-refractivity contribution in [1.82, 2.24) is 9.97 Å². The molecule has 0 fully saturated rings. The lowest BCUT2D eigenvalue weighted by Crippen LogP contribution is -3.00. The van der Waals surface area contributed by atoms with Gasteiger partial charge < -0.3 is 17.3 Å². The van der Waals surface area contributed by atoms with Crippen LogP contribution >= 0.6 is 11.6 Å². The quantitative estimate of drug-likeness (QED) is 0.778. The Labute approximate surface area is 131 Å². The average Bonchev–Trinajstić information content (AvgIpc) is 2.38. The summed E-state index contributed by atoms with van der Waals surface area (Å²) in [6.07, 6.45) is 0. The standard InChI is InChI=1S/C14H19ClN4.ClH/c1-5-19(6-2)14-16-12-9-10(15)7-8-11(12)13(17-14)18(3)4;/h7-9H,5-6H2,1-4H3;1H. The van der Waals surface area contributed by atoms with Crippen LogP contribution in [0.25, 0.3) is 10.9 Å². The van der Waals surface area contributed by atoms with E-state index in [1.54, 1.807) is 0 Å². The molecule has 0 unspecified atom stereocenters. The highest BCUT2D eigenvalue weighted by Gasteiger charge is 2.16. The van der Waals surface area contributed by atoms with Gasteiger partial charge in [-0.1, -0.05) is 11.6 Å². The van der Waals surface area contributed by atoms with Crippen LogP contribution in [0.4, 0.5) is 11.8 Å². The number of fused-ring (bicyclic) bond motifs is 1. The number of quaternary nitrogens is 1. The maximum Gasteiger partial charge on any atom is 0.238 e. The van der Waals surface area contributed by atoms with Gasteiger partial charge in [0, 0.05) is 18.1 Å². The smallest absolute Gasteiger partial charge is 0.238 e. The molecule has 6 heteroatoms. The van der Waals surface area contributed by atoms with Crippen LogP contribution in [0, 0.1) is 0 Å². The zero-order valence-corrected chi connectivity index (χ0v) is 13.8. The first-order valence-corrected chi connectivity index (χ1v) is 6.97. The summed E-state index contributed by atoms with van der Waals surface area (Å²) in [6.45, 7) is 6.00. The third-order valence-corrected chi connectivity index (χ3v) is 3.40. The average molecular weight is 315 g/mol. The second-order valence-electron chi connectivity index (χ2n) is 4.71. The normalized spacial score (nSPS) is 10.7. The highest BCUT2D eigenvalue weighted by molar-refractivity contribution is 6.31. The molecule has 2 aromatic rings. The van der Waals surface area contributed by atoms with Crippen LogP contribution in [0.3, 0.4) is 0 Å². The Balaban J connectivity index is 0.00000200. The van der Waals surface area contributed by atoms with Crippen molar-refractivity contribution >= 4 is 34.3 Å². The van der Waals surface area contributed by atoms with Crippen LogP contribution in [-0.2, 0) is 0 Å². The van der Waals surface area contributed by atoms with Crippen LogP contribution in [-0.4, -0.2) is 37.2 Å². The fourth-order valence-electron chi connectivity index (χ4n) is 2.12. The third-order valence-electron chi connectivity index (χ3n) is 3.17. The number of nitrogens with one attached hydrogen (secondary N) is 1.